The number of benzene rings is 1. The Morgan fingerprint density at radius 2 is 1.66 bits per heavy atom. The van der Waals surface area contributed by atoms with Crippen LogP contribution < -0.4 is 16.4 Å². The number of para-hydroxylation sites is 1. The van der Waals surface area contributed by atoms with Gasteiger partial charge in [-0.3, -0.25) is 14.2 Å². The first-order chi connectivity index (χ1) is 13.6. The molecule has 10 heteroatoms. The number of piperidine rings is 1. The fraction of sp³-hybridized carbons (Fsp3) is 0.526. The second-order valence-corrected chi connectivity index (χ2v) is 6.65. The highest BCUT2D eigenvalue weighted by atomic mass is 35.5. The van der Waals surface area contributed by atoms with Gasteiger partial charge in [0.15, 0.2) is 0 Å². The monoisotopic (exact) mass is 426 g/mol. The molecule has 0 radical (unpaired) electrons. The number of nitrogens with two attached hydrogens (primary N) is 1. The van der Waals surface area contributed by atoms with Crippen molar-refractivity contribution in [3.63, 3.8) is 0 Å². The van der Waals surface area contributed by atoms with Crippen molar-refractivity contribution in [2.24, 2.45) is 12.8 Å². The normalized spacial score (nSPS) is 14.5. The van der Waals surface area contributed by atoms with E-state index in [2.05, 4.69) is 0 Å². The van der Waals surface area contributed by atoms with E-state index in [-0.39, 0.29) is 37.1 Å². The third kappa shape index (κ3) is 4.87. The average molecular weight is 427 g/mol. The largest absolute Gasteiger partial charge is 0.379 e. The molecule has 2 aromatic rings. The molecule has 1 aromatic heterocycles. The molecule has 1 saturated heterocycles. The van der Waals surface area contributed by atoms with Crippen molar-refractivity contribution in [1.82, 2.24) is 9.24 Å². The number of ether oxygens (including phenoxy) is 2. The third-order valence-corrected chi connectivity index (χ3v) is 4.73. The van der Waals surface area contributed by atoms with Crippen molar-refractivity contribution < 1.29 is 19.1 Å². The van der Waals surface area contributed by atoms with Crippen LogP contribution in [0.5, 0.6) is 0 Å². The zero-order valence-corrected chi connectivity index (χ0v) is 17.3. The zero-order valence-electron chi connectivity index (χ0n) is 16.5. The van der Waals surface area contributed by atoms with Crippen LogP contribution >= 0.6 is 12.4 Å². The lowest BCUT2D eigenvalue weighted by molar-refractivity contribution is -0.131. The minimum Gasteiger partial charge on any atom is -0.379 e. The highest BCUT2D eigenvalue weighted by Crippen LogP contribution is 2.21. The van der Waals surface area contributed by atoms with Gasteiger partial charge in [0.2, 0.25) is 11.8 Å². The van der Waals surface area contributed by atoms with E-state index >= 15 is 0 Å². The SMILES string of the molecule is Cl.Cn1c(=O)n(N2C(=O)CCCC2=O)c2cccc(CCOCCOCCN)c21. The molecule has 0 unspecified atom stereocenters. The van der Waals surface area contributed by atoms with E-state index in [1.807, 2.05) is 12.1 Å². The Labute approximate surface area is 174 Å². The number of rotatable bonds is 9. The van der Waals surface area contributed by atoms with Crippen LogP contribution in [0.1, 0.15) is 24.8 Å². The first-order valence-corrected chi connectivity index (χ1v) is 9.47. The molecule has 0 atom stereocenters. The molecule has 9 nitrogen and oxygen atoms in total. The number of carbonyl (C=O) groups is 2. The lowest BCUT2D eigenvalue weighted by Gasteiger charge is -2.25. The minimum atomic E-state index is -0.415. The van der Waals surface area contributed by atoms with Gasteiger partial charge in [-0.1, -0.05) is 12.1 Å². The molecule has 1 aliphatic heterocycles. The lowest BCUT2D eigenvalue weighted by atomic mass is 10.1. The van der Waals surface area contributed by atoms with E-state index < -0.39 is 5.69 Å². The highest BCUT2D eigenvalue weighted by molar-refractivity contribution is 6.11. The van der Waals surface area contributed by atoms with Gasteiger partial charge >= 0.3 is 5.69 Å². The number of aromatic nitrogens is 2. The predicted molar refractivity (Wildman–Crippen MR) is 111 cm³/mol. The molecule has 0 saturated carbocycles. The van der Waals surface area contributed by atoms with Crippen LogP contribution in [0.3, 0.4) is 0 Å². The van der Waals surface area contributed by atoms with Crippen molar-refractivity contribution in [2.75, 3.05) is 38.0 Å². The number of carbonyl (C=O) groups excluding carboxylic acids is 2. The molecule has 2 N–H and O–H groups in total. The number of imidazole rings is 1. The Kier molecular flexibility index (Phi) is 8.39. The molecule has 3 rings (SSSR count). The van der Waals surface area contributed by atoms with E-state index in [9.17, 15) is 14.4 Å². The third-order valence-electron chi connectivity index (χ3n) is 4.73. The standard InChI is InChI=1S/C19H26N4O5.ClH/c1-21-18-14(8-10-27-12-13-28-11-9-20)4-2-5-15(18)22(19(21)26)23-16(24)6-3-7-17(23)25;/h2,4-5H,3,6-13,20H2,1H3;1H. The van der Waals surface area contributed by atoms with Gasteiger partial charge in [-0.25, -0.2) is 4.79 Å². The molecule has 0 spiro atoms. The van der Waals surface area contributed by atoms with Crippen LogP contribution in [0.2, 0.25) is 0 Å². The molecule has 1 aliphatic rings. The van der Waals surface area contributed by atoms with Crippen LogP contribution in [-0.4, -0.2) is 54.0 Å². The Hall–Kier alpha value is -2.20. The summed E-state index contributed by atoms with van der Waals surface area (Å²) in [5, 5.41) is 0.989. The highest BCUT2D eigenvalue weighted by Gasteiger charge is 2.31. The van der Waals surface area contributed by atoms with Gasteiger partial charge in [-0.15, -0.1) is 12.4 Å². The predicted octanol–water partition coefficient (Wildman–Crippen LogP) is 0.471. The van der Waals surface area contributed by atoms with E-state index in [1.165, 1.54) is 9.24 Å². The molecule has 2 amide bonds. The molecule has 160 valence electrons. The number of hydrogen-bond acceptors (Lipinski definition) is 6. The molecule has 29 heavy (non-hydrogen) atoms. The second-order valence-electron chi connectivity index (χ2n) is 6.65. The summed E-state index contributed by atoms with van der Waals surface area (Å²) in [7, 11) is 1.64. The minimum absolute atomic E-state index is 0. The maximum absolute atomic E-state index is 12.8. The summed E-state index contributed by atoms with van der Waals surface area (Å²) >= 11 is 0. The topological polar surface area (TPSA) is 109 Å². The van der Waals surface area contributed by atoms with Gasteiger partial charge in [-0.05, 0) is 24.5 Å². The van der Waals surface area contributed by atoms with Gasteiger partial charge in [0, 0.05) is 26.4 Å². The number of amides is 2. The Bertz CT molecular complexity index is 907. The van der Waals surface area contributed by atoms with Gasteiger partial charge < -0.3 is 15.2 Å². The first kappa shape index (κ1) is 23.1. The maximum Gasteiger partial charge on any atom is 0.348 e. The zero-order chi connectivity index (χ0) is 20.1. The summed E-state index contributed by atoms with van der Waals surface area (Å²) in [5.41, 5.74) is 7.09. The van der Waals surface area contributed by atoms with Crippen LogP contribution in [0.25, 0.3) is 11.0 Å². The molecular weight excluding hydrogens is 400 g/mol. The number of halogens is 1. The Morgan fingerprint density at radius 3 is 2.31 bits per heavy atom. The van der Waals surface area contributed by atoms with Gasteiger partial charge in [-0.2, -0.15) is 9.69 Å². The van der Waals surface area contributed by atoms with Crippen LogP contribution in [0.4, 0.5) is 0 Å². The molecule has 0 bridgehead atoms. The summed E-state index contributed by atoms with van der Waals surface area (Å²) < 4.78 is 13.5. The van der Waals surface area contributed by atoms with E-state index in [0.29, 0.717) is 56.8 Å². The molecule has 1 aromatic carbocycles. The summed E-state index contributed by atoms with van der Waals surface area (Å²) in [4.78, 5) is 37.5. The quantitative estimate of drug-likeness (QED) is 0.461. The van der Waals surface area contributed by atoms with Crippen LogP contribution in [-0.2, 0) is 32.5 Å². The van der Waals surface area contributed by atoms with Crippen molar-refractivity contribution in [3.8, 4) is 0 Å². The van der Waals surface area contributed by atoms with Gasteiger partial charge in [0.1, 0.15) is 0 Å². The summed E-state index contributed by atoms with van der Waals surface area (Å²) in [6.45, 7) is 2.40. The summed E-state index contributed by atoms with van der Waals surface area (Å²) in [5.74, 6) is -0.700. The van der Waals surface area contributed by atoms with Crippen LogP contribution in [0.15, 0.2) is 23.0 Å². The number of hydrogen-bond donors (Lipinski definition) is 1. The maximum atomic E-state index is 12.8. The van der Waals surface area contributed by atoms with Gasteiger partial charge in [0.05, 0.1) is 37.5 Å². The fourth-order valence-electron chi connectivity index (χ4n) is 3.42. The number of nitrogens with zero attached hydrogens (tertiary/aromatic N) is 3. The molecule has 2 heterocycles. The van der Waals surface area contributed by atoms with E-state index in [4.69, 9.17) is 15.2 Å². The second kappa shape index (κ2) is 10.5. The Balaban J connectivity index is 0.00000300. The molecule has 1 fully saturated rings. The van der Waals surface area contributed by atoms with Crippen molar-refractivity contribution >= 4 is 35.3 Å². The fourth-order valence-corrected chi connectivity index (χ4v) is 3.42. The lowest BCUT2D eigenvalue weighted by Crippen LogP contribution is -2.52. The van der Waals surface area contributed by atoms with Crippen LogP contribution in [0, 0.1) is 0 Å². The Morgan fingerprint density at radius 1 is 1.00 bits per heavy atom. The molecular formula is C19H27ClN4O5. The smallest absolute Gasteiger partial charge is 0.348 e. The number of imide groups is 1. The van der Waals surface area contributed by atoms with E-state index in [1.54, 1.807) is 13.1 Å². The number of aryl methyl sites for hydroxylation is 1. The summed E-state index contributed by atoms with van der Waals surface area (Å²) in [6.07, 6.45) is 1.63. The van der Waals surface area contributed by atoms with Gasteiger partial charge in [0.25, 0.3) is 0 Å². The molecule has 0 aliphatic carbocycles. The van der Waals surface area contributed by atoms with Crippen molar-refractivity contribution in [1.29, 1.82) is 0 Å². The number of fused-ring (bicyclic) bond motifs is 1. The average Bonchev–Trinajstić information content (AvgIpc) is 2.93. The first-order valence-electron chi connectivity index (χ1n) is 9.47. The van der Waals surface area contributed by atoms with Crippen molar-refractivity contribution in [3.05, 3.63) is 34.2 Å². The van der Waals surface area contributed by atoms with Crippen molar-refractivity contribution in [2.45, 2.75) is 25.7 Å². The summed E-state index contributed by atoms with van der Waals surface area (Å²) in [6, 6.07) is 5.48. The van der Waals surface area contributed by atoms with E-state index in [0.717, 1.165) is 10.6 Å².